The van der Waals surface area contributed by atoms with E-state index in [-0.39, 0.29) is 16.9 Å². The number of benzene rings is 2. The van der Waals surface area contributed by atoms with Gasteiger partial charge in [0.15, 0.2) is 4.90 Å². The van der Waals surface area contributed by atoms with Gasteiger partial charge in [-0.3, -0.25) is 29.3 Å². The number of esters is 1. The Labute approximate surface area is 172 Å². The van der Waals surface area contributed by atoms with Crippen molar-refractivity contribution < 1.29 is 27.8 Å². The lowest BCUT2D eigenvalue weighted by Gasteiger charge is -2.25. The molecule has 0 bridgehead atoms. The van der Waals surface area contributed by atoms with Crippen LogP contribution in [-0.2, 0) is 19.6 Å². The van der Waals surface area contributed by atoms with Gasteiger partial charge in [-0.1, -0.05) is 12.1 Å². The van der Waals surface area contributed by atoms with Crippen LogP contribution in [0.1, 0.15) is 19.4 Å². The number of carbonyl (C=O) groups is 1. The largest absolute Gasteiger partial charge is 0.462 e. The number of carbonyl (C=O) groups excluding carboxylic acids is 1. The number of nitro groups is 2. The third kappa shape index (κ3) is 4.89. The van der Waals surface area contributed by atoms with Gasteiger partial charge in [-0.15, -0.1) is 0 Å². The molecule has 160 valence electrons. The SMILES string of the molecule is Cc1cc([N+](=O)[O-])ccc1N(CC(=O)OC(C)C)S(=O)(=O)c1ccccc1[N+](=O)[O-]. The minimum absolute atomic E-state index is 0.0422. The molecule has 12 heteroatoms. The van der Waals surface area contributed by atoms with E-state index in [4.69, 9.17) is 4.74 Å². The smallest absolute Gasteiger partial charge is 0.327 e. The molecule has 0 amide bonds. The average molecular weight is 437 g/mol. The minimum atomic E-state index is -4.60. The maximum Gasteiger partial charge on any atom is 0.327 e. The van der Waals surface area contributed by atoms with Crippen LogP contribution in [0.15, 0.2) is 47.4 Å². The van der Waals surface area contributed by atoms with E-state index >= 15 is 0 Å². The lowest BCUT2D eigenvalue weighted by molar-refractivity contribution is -0.387. The highest BCUT2D eigenvalue weighted by Crippen LogP contribution is 2.33. The number of sulfonamides is 1. The van der Waals surface area contributed by atoms with Crippen molar-refractivity contribution in [2.24, 2.45) is 0 Å². The highest BCUT2D eigenvalue weighted by molar-refractivity contribution is 7.93. The van der Waals surface area contributed by atoms with Crippen LogP contribution in [0.2, 0.25) is 0 Å². The van der Waals surface area contributed by atoms with Crippen LogP contribution >= 0.6 is 0 Å². The molecule has 2 aromatic rings. The molecule has 0 aliphatic carbocycles. The van der Waals surface area contributed by atoms with Crippen LogP contribution in [0.3, 0.4) is 0 Å². The number of nitrogens with zero attached hydrogens (tertiary/aromatic N) is 3. The summed E-state index contributed by atoms with van der Waals surface area (Å²) in [5.41, 5.74) is -0.800. The average Bonchev–Trinajstić information content (AvgIpc) is 2.65. The predicted octanol–water partition coefficient (Wildman–Crippen LogP) is 2.96. The number of rotatable bonds is 8. The van der Waals surface area contributed by atoms with E-state index < -0.39 is 49.1 Å². The Hall–Kier alpha value is -3.54. The Morgan fingerprint density at radius 1 is 1.10 bits per heavy atom. The van der Waals surface area contributed by atoms with E-state index in [1.165, 1.54) is 25.1 Å². The quantitative estimate of drug-likeness (QED) is 0.347. The lowest BCUT2D eigenvalue weighted by atomic mass is 10.2. The maximum absolute atomic E-state index is 13.3. The third-order valence-corrected chi connectivity index (χ3v) is 5.74. The summed E-state index contributed by atoms with van der Waals surface area (Å²) in [5.74, 6) is -0.884. The second-order valence-electron chi connectivity index (χ2n) is 6.50. The van der Waals surface area contributed by atoms with E-state index in [0.29, 0.717) is 4.31 Å². The molecule has 0 aliphatic heterocycles. The summed E-state index contributed by atoms with van der Waals surface area (Å²) in [7, 11) is -4.60. The molecule has 2 aromatic carbocycles. The first-order valence-electron chi connectivity index (χ1n) is 8.65. The standard InChI is InChI=1S/C18H19N3O8S/c1-12(2)29-18(22)11-19(15-9-8-14(20(23)24)10-13(15)3)30(27,28)17-7-5-4-6-16(17)21(25)26/h4-10,12H,11H2,1-3H3. The van der Waals surface area contributed by atoms with Gasteiger partial charge in [-0.05, 0) is 38.5 Å². The Balaban J connectivity index is 2.66. The summed E-state index contributed by atoms with van der Waals surface area (Å²) in [4.78, 5) is 32.5. The van der Waals surface area contributed by atoms with Crippen LogP contribution in [0.4, 0.5) is 17.1 Å². The number of anilines is 1. The molecular weight excluding hydrogens is 418 g/mol. The summed E-state index contributed by atoms with van der Waals surface area (Å²) in [6.07, 6.45) is -0.522. The zero-order valence-corrected chi connectivity index (χ0v) is 17.2. The number of aryl methyl sites for hydroxylation is 1. The number of non-ortho nitro benzene ring substituents is 1. The predicted molar refractivity (Wildman–Crippen MR) is 107 cm³/mol. The molecule has 0 N–H and O–H groups in total. The van der Waals surface area contributed by atoms with Crippen molar-refractivity contribution in [3.8, 4) is 0 Å². The second kappa shape index (κ2) is 8.86. The fourth-order valence-corrected chi connectivity index (χ4v) is 4.33. The molecule has 0 saturated heterocycles. The lowest BCUT2D eigenvalue weighted by Crippen LogP contribution is -2.38. The monoisotopic (exact) mass is 437 g/mol. The summed E-state index contributed by atoms with van der Waals surface area (Å²) in [5, 5.41) is 22.3. The number of hydrogen-bond acceptors (Lipinski definition) is 8. The first-order chi connectivity index (χ1) is 13.9. The summed E-state index contributed by atoms with van der Waals surface area (Å²) in [6.45, 7) is 3.81. The Morgan fingerprint density at radius 2 is 1.73 bits per heavy atom. The van der Waals surface area contributed by atoms with E-state index in [1.807, 2.05) is 0 Å². The number of hydrogen-bond donors (Lipinski definition) is 0. The summed E-state index contributed by atoms with van der Waals surface area (Å²) < 4.78 is 32.3. The third-order valence-electron chi connectivity index (χ3n) is 3.93. The van der Waals surface area contributed by atoms with Gasteiger partial charge < -0.3 is 4.74 Å². The van der Waals surface area contributed by atoms with Crippen molar-refractivity contribution in [3.05, 3.63) is 68.3 Å². The first-order valence-corrected chi connectivity index (χ1v) is 10.1. The molecule has 0 heterocycles. The van der Waals surface area contributed by atoms with Crippen LogP contribution in [-0.4, -0.2) is 36.9 Å². The Morgan fingerprint density at radius 3 is 2.27 bits per heavy atom. The van der Waals surface area contributed by atoms with E-state index in [0.717, 1.165) is 24.3 Å². The van der Waals surface area contributed by atoms with Crippen molar-refractivity contribution in [2.75, 3.05) is 10.8 Å². The summed E-state index contributed by atoms with van der Waals surface area (Å²) in [6, 6.07) is 8.10. The van der Waals surface area contributed by atoms with Crippen molar-refractivity contribution in [2.45, 2.75) is 31.8 Å². The van der Waals surface area contributed by atoms with Gasteiger partial charge in [0, 0.05) is 18.2 Å². The van der Waals surface area contributed by atoms with Crippen molar-refractivity contribution in [1.82, 2.24) is 0 Å². The van der Waals surface area contributed by atoms with E-state index in [9.17, 15) is 33.4 Å². The molecule has 0 spiro atoms. The highest BCUT2D eigenvalue weighted by atomic mass is 32.2. The van der Waals surface area contributed by atoms with Gasteiger partial charge in [-0.25, -0.2) is 8.42 Å². The molecule has 0 atom stereocenters. The summed E-state index contributed by atoms with van der Waals surface area (Å²) >= 11 is 0. The molecule has 2 rings (SSSR count). The number of ether oxygens (including phenoxy) is 1. The van der Waals surface area contributed by atoms with Crippen LogP contribution in [0, 0.1) is 27.2 Å². The molecule has 0 unspecified atom stereocenters. The maximum atomic E-state index is 13.3. The molecular formula is C18H19N3O8S. The van der Waals surface area contributed by atoms with Gasteiger partial charge >= 0.3 is 5.97 Å². The van der Waals surface area contributed by atoms with Crippen molar-refractivity contribution >= 4 is 33.1 Å². The van der Waals surface area contributed by atoms with Gasteiger partial charge in [0.1, 0.15) is 6.54 Å². The molecule has 11 nitrogen and oxygen atoms in total. The first kappa shape index (κ1) is 22.7. The fraction of sp³-hybridized carbons (Fsp3) is 0.278. The van der Waals surface area contributed by atoms with Crippen molar-refractivity contribution in [1.29, 1.82) is 0 Å². The zero-order valence-electron chi connectivity index (χ0n) is 16.3. The van der Waals surface area contributed by atoms with Crippen LogP contribution in [0.5, 0.6) is 0 Å². The molecule has 30 heavy (non-hydrogen) atoms. The Bertz CT molecular complexity index is 1100. The zero-order chi connectivity index (χ0) is 22.6. The van der Waals surface area contributed by atoms with Gasteiger partial charge in [-0.2, -0.15) is 0 Å². The minimum Gasteiger partial charge on any atom is -0.462 e. The topological polar surface area (TPSA) is 150 Å². The fourth-order valence-electron chi connectivity index (χ4n) is 2.69. The normalized spacial score (nSPS) is 11.2. The molecule has 0 saturated carbocycles. The molecule has 0 radical (unpaired) electrons. The van der Waals surface area contributed by atoms with Crippen molar-refractivity contribution in [3.63, 3.8) is 0 Å². The second-order valence-corrected chi connectivity index (χ2v) is 8.33. The highest BCUT2D eigenvalue weighted by Gasteiger charge is 2.34. The Kier molecular flexibility index (Phi) is 6.72. The molecule has 0 aliphatic rings. The number of para-hydroxylation sites is 1. The number of nitro benzene ring substituents is 2. The van der Waals surface area contributed by atoms with Gasteiger partial charge in [0.25, 0.3) is 21.4 Å². The van der Waals surface area contributed by atoms with Crippen LogP contribution < -0.4 is 4.31 Å². The van der Waals surface area contributed by atoms with Gasteiger partial charge in [0.2, 0.25) is 0 Å². The van der Waals surface area contributed by atoms with E-state index in [1.54, 1.807) is 13.8 Å². The van der Waals surface area contributed by atoms with Gasteiger partial charge in [0.05, 0.1) is 21.6 Å². The van der Waals surface area contributed by atoms with Crippen LogP contribution in [0.25, 0.3) is 0 Å². The molecule has 0 aromatic heterocycles. The molecule has 0 fully saturated rings. The van der Waals surface area contributed by atoms with E-state index in [2.05, 4.69) is 0 Å².